The summed E-state index contributed by atoms with van der Waals surface area (Å²) in [5.41, 5.74) is 4.20. The smallest absolute Gasteiger partial charge is 0.394 e. The summed E-state index contributed by atoms with van der Waals surface area (Å²) >= 11 is 0. The molecule has 0 aliphatic rings. The molecule has 11 nitrogen and oxygen atoms in total. The Morgan fingerprint density at radius 1 is 0.927 bits per heavy atom. The van der Waals surface area contributed by atoms with Crippen LogP contribution in [-0.4, -0.2) is 61.2 Å². The maximum atomic E-state index is 13.0. The molecule has 0 unspecified atom stereocenters. The third-order valence-electron chi connectivity index (χ3n) is 5.94. The van der Waals surface area contributed by atoms with Crippen molar-refractivity contribution in [2.24, 2.45) is 0 Å². The monoisotopic (exact) mass is 581 g/mol. The first kappa shape index (κ1) is 31.0. The number of hydrogen-bond donors (Lipinski definition) is 3. The molecule has 0 bridgehead atoms. The number of fused-ring (bicyclic) bond motifs is 1. The van der Waals surface area contributed by atoms with Crippen LogP contribution in [0, 0.1) is 0 Å². The van der Waals surface area contributed by atoms with E-state index in [1.54, 1.807) is 13.2 Å². The van der Waals surface area contributed by atoms with Crippen LogP contribution in [0.25, 0.3) is 22.2 Å². The number of nitrogens with zero attached hydrogens (tertiary/aromatic N) is 2. The van der Waals surface area contributed by atoms with Gasteiger partial charge in [-0.2, -0.15) is 8.42 Å². The fraction of sp³-hybridized carbons (Fsp3) is 0.207. The maximum absolute atomic E-state index is 13.0. The molecule has 0 saturated carbocycles. The van der Waals surface area contributed by atoms with E-state index in [0.29, 0.717) is 27.8 Å². The zero-order valence-electron chi connectivity index (χ0n) is 22.8. The molecule has 1 amide bonds. The van der Waals surface area contributed by atoms with E-state index in [1.807, 2.05) is 72.8 Å². The van der Waals surface area contributed by atoms with E-state index in [9.17, 15) is 9.59 Å². The molecular formula is C29H31N3O8S. The van der Waals surface area contributed by atoms with Gasteiger partial charge in [-0.25, -0.2) is 9.78 Å². The first-order valence-corrected chi connectivity index (χ1v) is 14.0. The van der Waals surface area contributed by atoms with Gasteiger partial charge in [0, 0.05) is 35.4 Å². The molecule has 0 spiro atoms. The summed E-state index contributed by atoms with van der Waals surface area (Å²) in [4.78, 5) is 32.4. The molecule has 41 heavy (non-hydrogen) atoms. The highest BCUT2D eigenvalue weighted by Gasteiger charge is 2.17. The Bertz CT molecular complexity index is 1580. The summed E-state index contributed by atoms with van der Waals surface area (Å²) in [5, 5.41) is 3.44. The molecule has 0 aliphatic carbocycles. The molecule has 0 saturated heterocycles. The number of aromatic nitrogens is 1. The number of pyridine rings is 1. The molecular weight excluding hydrogens is 550 g/mol. The van der Waals surface area contributed by atoms with E-state index in [0.717, 1.165) is 30.1 Å². The molecule has 216 valence electrons. The molecule has 4 aromatic rings. The average Bonchev–Trinajstić information content (AvgIpc) is 2.96. The topological polar surface area (TPSA) is 155 Å². The minimum absolute atomic E-state index is 0.350. The van der Waals surface area contributed by atoms with E-state index >= 15 is 0 Å². The fourth-order valence-corrected chi connectivity index (χ4v) is 4.00. The van der Waals surface area contributed by atoms with Crippen LogP contribution in [0.3, 0.4) is 0 Å². The summed E-state index contributed by atoms with van der Waals surface area (Å²) in [7, 11) is -3.06. The van der Waals surface area contributed by atoms with Crippen molar-refractivity contribution in [1.82, 2.24) is 4.98 Å². The van der Waals surface area contributed by atoms with Crippen LogP contribution in [0.15, 0.2) is 78.9 Å². The molecule has 1 heterocycles. The van der Waals surface area contributed by atoms with Gasteiger partial charge in [-0.15, -0.1) is 0 Å². The van der Waals surface area contributed by atoms with Crippen LogP contribution in [0.4, 0.5) is 11.4 Å². The third-order valence-corrected chi connectivity index (χ3v) is 5.94. The number of carbonyl (C=O) groups is 2. The molecule has 3 aromatic carbocycles. The minimum Gasteiger partial charge on any atom is -0.497 e. The Labute approximate surface area is 238 Å². The van der Waals surface area contributed by atoms with Gasteiger partial charge in [0.2, 0.25) is 0 Å². The quantitative estimate of drug-likeness (QED) is 0.184. The molecule has 12 heteroatoms. The van der Waals surface area contributed by atoms with Gasteiger partial charge in [0.1, 0.15) is 5.75 Å². The van der Waals surface area contributed by atoms with Gasteiger partial charge in [0.15, 0.2) is 6.61 Å². The molecule has 0 radical (unpaired) electrons. The second-order valence-electron chi connectivity index (χ2n) is 8.59. The van der Waals surface area contributed by atoms with E-state index in [1.165, 1.54) is 0 Å². The lowest BCUT2D eigenvalue weighted by Crippen LogP contribution is -2.22. The lowest BCUT2D eigenvalue weighted by molar-refractivity contribution is -0.119. The molecule has 1 aromatic heterocycles. The Hall–Kier alpha value is -4.52. The largest absolute Gasteiger partial charge is 0.497 e. The number of hydrogen-bond acceptors (Lipinski definition) is 8. The Kier molecular flexibility index (Phi) is 10.8. The second kappa shape index (κ2) is 14.2. The van der Waals surface area contributed by atoms with E-state index < -0.39 is 28.9 Å². The predicted octanol–water partition coefficient (Wildman–Crippen LogP) is 4.90. The highest BCUT2D eigenvalue weighted by Crippen LogP contribution is 2.27. The number of carbonyl (C=O) groups excluding carboxylic acids is 2. The second-order valence-corrected chi connectivity index (χ2v) is 9.49. The van der Waals surface area contributed by atoms with E-state index in [4.69, 9.17) is 32.0 Å². The van der Waals surface area contributed by atoms with Crippen molar-refractivity contribution < 1.29 is 36.6 Å². The summed E-state index contributed by atoms with van der Waals surface area (Å²) in [6.07, 6.45) is 0. The van der Waals surface area contributed by atoms with E-state index in [2.05, 4.69) is 24.1 Å². The van der Waals surface area contributed by atoms with Gasteiger partial charge < -0.3 is 19.7 Å². The molecule has 0 fully saturated rings. The summed E-state index contributed by atoms with van der Waals surface area (Å²) in [6, 6.07) is 24.1. The number of anilines is 2. The number of ether oxygens (including phenoxy) is 2. The first-order valence-electron chi connectivity index (χ1n) is 12.6. The van der Waals surface area contributed by atoms with Crippen LogP contribution in [-0.2, 0) is 19.9 Å². The lowest BCUT2D eigenvalue weighted by Gasteiger charge is -2.21. The van der Waals surface area contributed by atoms with Gasteiger partial charge in [0.05, 0.1) is 23.9 Å². The summed E-state index contributed by atoms with van der Waals surface area (Å²) in [5.74, 6) is -0.268. The van der Waals surface area contributed by atoms with Crippen LogP contribution in [0.2, 0.25) is 0 Å². The zero-order chi connectivity index (χ0) is 30.0. The fourth-order valence-electron chi connectivity index (χ4n) is 4.00. The van der Waals surface area contributed by atoms with Gasteiger partial charge in [-0.1, -0.05) is 18.2 Å². The van der Waals surface area contributed by atoms with Crippen molar-refractivity contribution in [1.29, 1.82) is 0 Å². The predicted molar refractivity (Wildman–Crippen MR) is 157 cm³/mol. The first-order chi connectivity index (χ1) is 19.5. The van der Waals surface area contributed by atoms with Crippen molar-refractivity contribution in [2.45, 2.75) is 13.8 Å². The number of methoxy groups -OCH3 is 1. The van der Waals surface area contributed by atoms with Crippen molar-refractivity contribution in [3.63, 3.8) is 0 Å². The van der Waals surface area contributed by atoms with Crippen molar-refractivity contribution in [2.75, 3.05) is 37.0 Å². The average molecular weight is 582 g/mol. The van der Waals surface area contributed by atoms with Crippen LogP contribution < -0.4 is 15.0 Å². The standard InChI is InChI=1S/C29H29N3O4.H2O4S/c1-4-32(5-2)22-14-12-21(13-15-22)30-28(33)19-36-29(34)25-18-27(20-10-16-23(35-3)17-11-20)31-26-9-7-6-8-24(25)26;1-5(2,3)4/h6-18H,4-5,19H2,1-3H3,(H,30,33);(H2,1,2,3,4). The number of rotatable bonds is 9. The minimum atomic E-state index is -4.67. The Morgan fingerprint density at radius 3 is 2.12 bits per heavy atom. The van der Waals surface area contributed by atoms with Gasteiger partial charge in [-0.05, 0) is 74.5 Å². The maximum Gasteiger partial charge on any atom is 0.394 e. The molecule has 3 N–H and O–H groups in total. The van der Waals surface area contributed by atoms with Crippen LogP contribution >= 0.6 is 0 Å². The highest BCUT2D eigenvalue weighted by molar-refractivity contribution is 7.79. The number of nitrogens with one attached hydrogen (secondary N) is 1. The van der Waals surface area contributed by atoms with Gasteiger partial charge in [-0.3, -0.25) is 13.9 Å². The summed E-state index contributed by atoms with van der Waals surface area (Å²) < 4.78 is 42.2. The summed E-state index contributed by atoms with van der Waals surface area (Å²) in [6.45, 7) is 5.61. The zero-order valence-corrected chi connectivity index (χ0v) is 23.6. The van der Waals surface area contributed by atoms with Crippen molar-refractivity contribution in [3.05, 3.63) is 84.4 Å². The third kappa shape index (κ3) is 9.28. The number of esters is 1. The van der Waals surface area contributed by atoms with Crippen LogP contribution in [0.5, 0.6) is 5.75 Å². The SMILES string of the molecule is CCN(CC)c1ccc(NC(=O)COC(=O)c2cc(-c3ccc(OC)cc3)nc3ccccc23)cc1.O=S(=O)(O)O. The Morgan fingerprint density at radius 2 is 1.54 bits per heavy atom. The Balaban J connectivity index is 0.000000850. The molecule has 0 aliphatic heterocycles. The normalized spacial score (nSPS) is 10.8. The highest BCUT2D eigenvalue weighted by atomic mass is 32.3. The number of para-hydroxylation sites is 1. The van der Waals surface area contributed by atoms with Gasteiger partial charge in [0.25, 0.3) is 5.91 Å². The van der Waals surface area contributed by atoms with Crippen molar-refractivity contribution >= 4 is 44.6 Å². The number of amides is 1. The number of benzene rings is 3. The molecule has 4 rings (SSSR count). The van der Waals surface area contributed by atoms with Gasteiger partial charge >= 0.3 is 16.4 Å². The lowest BCUT2D eigenvalue weighted by atomic mass is 10.0. The van der Waals surface area contributed by atoms with Crippen molar-refractivity contribution in [3.8, 4) is 17.0 Å². The molecule has 0 atom stereocenters. The van der Waals surface area contributed by atoms with Crippen LogP contribution in [0.1, 0.15) is 24.2 Å². The van der Waals surface area contributed by atoms with E-state index in [-0.39, 0.29) is 0 Å².